The number of rotatable bonds is 5. The van der Waals surface area contributed by atoms with Gasteiger partial charge in [0.2, 0.25) is 5.91 Å². The predicted molar refractivity (Wildman–Crippen MR) is 115 cm³/mol. The van der Waals surface area contributed by atoms with Crippen LogP contribution in [0.5, 0.6) is 0 Å². The number of hydrogen-bond acceptors (Lipinski definition) is 4. The monoisotopic (exact) mass is 409 g/mol. The number of carbonyl (C=O) groups is 2. The lowest BCUT2D eigenvalue weighted by molar-refractivity contribution is -0.128. The van der Waals surface area contributed by atoms with E-state index in [9.17, 15) is 9.59 Å². The van der Waals surface area contributed by atoms with E-state index >= 15 is 0 Å². The molecule has 8 heteroatoms. The van der Waals surface area contributed by atoms with Crippen LogP contribution in [0.4, 0.5) is 4.79 Å². The molecule has 0 radical (unpaired) electrons. The molecule has 8 nitrogen and oxygen atoms in total. The van der Waals surface area contributed by atoms with Crippen LogP contribution in [0, 0.1) is 5.41 Å². The standard InChI is InChI=1S/C21H39N5O3/c1-8-23-17(27)21(5,6)13-24-18(22-7)25-14-11-15-9-10-16(12-14)26(15)19(28)29-20(2,3)4/h14-16H,8-13H2,1-7H3,(H,23,27)(H2,22,24,25). The van der Waals surface area contributed by atoms with Gasteiger partial charge in [-0.15, -0.1) is 0 Å². The first-order valence-electron chi connectivity index (χ1n) is 10.7. The number of nitrogens with one attached hydrogen (secondary N) is 3. The Morgan fingerprint density at radius 1 is 1.07 bits per heavy atom. The van der Waals surface area contributed by atoms with Crippen molar-refractivity contribution in [1.82, 2.24) is 20.9 Å². The Kier molecular flexibility index (Phi) is 7.40. The normalized spacial score (nSPS) is 24.9. The number of amides is 2. The number of piperidine rings is 1. The summed E-state index contributed by atoms with van der Waals surface area (Å²) in [5.74, 6) is 0.712. The second kappa shape index (κ2) is 9.22. The summed E-state index contributed by atoms with van der Waals surface area (Å²) in [6.45, 7) is 12.6. The molecule has 0 saturated carbocycles. The van der Waals surface area contributed by atoms with Crippen LogP contribution < -0.4 is 16.0 Å². The average molecular weight is 410 g/mol. The van der Waals surface area contributed by atoms with E-state index in [1.807, 2.05) is 46.4 Å². The lowest BCUT2D eigenvalue weighted by atomic mass is 9.92. The highest BCUT2D eigenvalue weighted by molar-refractivity contribution is 5.84. The highest BCUT2D eigenvalue weighted by Gasteiger charge is 2.45. The lowest BCUT2D eigenvalue weighted by Gasteiger charge is -2.40. The Morgan fingerprint density at radius 3 is 2.14 bits per heavy atom. The molecule has 2 aliphatic heterocycles. The number of aliphatic imine (C=N–C) groups is 1. The van der Waals surface area contributed by atoms with E-state index in [2.05, 4.69) is 20.9 Å². The Morgan fingerprint density at radius 2 is 1.66 bits per heavy atom. The van der Waals surface area contributed by atoms with Gasteiger partial charge < -0.3 is 25.6 Å². The number of hydrogen-bond donors (Lipinski definition) is 3. The molecule has 2 heterocycles. The molecular weight excluding hydrogens is 370 g/mol. The van der Waals surface area contributed by atoms with Crippen LogP contribution in [-0.4, -0.2) is 66.7 Å². The zero-order valence-electron chi connectivity index (χ0n) is 19.1. The van der Waals surface area contributed by atoms with Gasteiger partial charge in [-0.3, -0.25) is 9.79 Å². The van der Waals surface area contributed by atoms with Crippen molar-refractivity contribution >= 4 is 18.0 Å². The second-order valence-corrected chi connectivity index (χ2v) is 9.75. The Balaban J connectivity index is 1.90. The van der Waals surface area contributed by atoms with Crippen LogP contribution in [0.15, 0.2) is 4.99 Å². The summed E-state index contributed by atoms with van der Waals surface area (Å²) in [5.41, 5.74) is -1.01. The summed E-state index contributed by atoms with van der Waals surface area (Å²) in [6, 6.07) is 0.641. The van der Waals surface area contributed by atoms with Crippen LogP contribution in [0.25, 0.3) is 0 Å². The van der Waals surface area contributed by atoms with Crippen molar-refractivity contribution < 1.29 is 14.3 Å². The molecule has 2 unspecified atom stereocenters. The smallest absolute Gasteiger partial charge is 0.410 e. The first-order chi connectivity index (χ1) is 13.5. The Labute approximate surface area is 175 Å². The quantitative estimate of drug-likeness (QED) is 0.478. The van der Waals surface area contributed by atoms with Gasteiger partial charge in [-0.25, -0.2) is 4.79 Å². The van der Waals surface area contributed by atoms with Gasteiger partial charge in [-0.1, -0.05) is 0 Å². The van der Waals surface area contributed by atoms with Crippen molar-refractivity contribution in [2.24, 2.45) is 10.4 Å². The molecule has 2 saturated heterocycles. The minimum Gasteiger partial charge on any atom is -0.444 e. The van der Waals surface area contributed by atoms with Crippen molar-refractivity contribution in [2.45, 2.75) is 91.0 Å². The van der Waals surface area contributed by atoms with Gasteiger partial charge in [-0.2, -0.15) is 0 Å². The summed E-state index contributed by atoms with van der Waals surface area (Å²) in [5, 5.41) is 9.64. The molecule has 2 rings (SSSR count). The van der Waals surface area contributed by atoms with E-state index in [-0.39, 0.29) is 30.1 Å². The third-order valence-corrected chi connectivity index (χ3v) is 5.55. The molecule has 0 spiro atoms. The summed E-state index contributed by atoms with van der Waals surface area (Å²) in [6.07, 6.45) is 3.57. The van der Waals surface area contributed by atoms with E-state index in [1.165, 1.54) is 0 Å². The minimum absolute atomic E-state index is 0.0201. The lowest BCUT2D eigenvalue weighted by Crippen LogP contribution is -2.56. The van der Waals surface area contributed by atoms with Crippen molar-refractivity contribution in [3.8, 4) is 0 Å². The number of carbonyl (C=O) groups excluding carboxylic acids is 2. The third-order valence-electron chi connectivity index (χ3n) is 5.55. The summed E-state index contributed by atoms with van der Waals surface area (Å²) < 4.78 is 5.61. The van der Waals surface area contributed by atoms with Gasteiger partial charge in [0.1, 0.15) is 5.60 Å². The van der Waals surface area contributed by atoms with E-state index in [0.29, 0.717) is 19.0 Å². The third kappa shape index (κ3) is 6.24. The summed E-state index contributed by atoms with van der Waals surface area (Å²) in [4.78, 5) is 31.1. The highest BCUT2D eigenvalue weighted by atomic mass is 16.6. The Bertz CT molecular complexity index is 612. The van der Waals surface area contributed by atoms with E-state index in [1.54, 1.807) is 7.05 Å². The second-order valence-electron chi connectivity index (χ2n) is 9.75. The van der Waals surface area contributed by atoms with Gasteiger partial charge in [0, 0.05) is 38.3 Å². The topological polar surface area (TPSA) is 95.1 Å². The maximum Gasteiger partial charge on any atom is 0.410 e. The van der Waals surface area contributed by atoms with Gasteiger partial charge in [0.15, 0.2) is 5.96 Å². The molecule has 3 N–H and O–H groups in total. The fourth-order valence-electron chi connectivity index (χ4n) is 4.08. The van der Waals surface area contributed by atoms with E-state index < -0.39 is 11.0 Å². The fourth-order valence-corrected chi connectivity index (χ4v) is 4.08. The van der Waals surface area contributed by atoms with Crippen LogP contribution in [0.3, 0.4) is 0 Å². The number of guanidine groups is 1. The molecule has 2 atom stereocenters. The Hall–Kier alpha value is -1.99. The predicted octanol–water partition coefficient (Wildman–Crippen LogP) is 2.24. The minimum atomic E-state index is -0.535. The van der Waals surface area contributed by atoms with Crippen molar-refractivity contribution in [1.29, 1.82) is 0 Å². The zero-order valence-corrected chi connectivity index (χ0v) is 19.1. The molecule has 2 aliphatic rings. The molecule has 2 bridgehead atoms. The first-order valence-corrected chi connectivity index (χ1v) is 10.7. The molecule has 0 aromatic heterocycles. The zero-order chi connectivity index (χ0) is 21.8. The van der Waals surface area contributed by atoms with Crippen molar-refractivity contribution in [2.75, 3.05) is 20.1 Å². The highest BCUT2D eigenvalue weighted by Crippen LogP contribution is 2.36. The maximum atomic E-state index is 12.6. The van der Waals surface area contributed by atoms with E-state index in [4.69, 9.17) is 4.74 Å². The van der Waals surface area contributed by atoms with Crippen molar-refractivity contribution in [3.05, 3.63) is 0 Å². The maximum absolute atomic E-state index is 12.6. The molecule has 29 heavy (non-hydrogen) atoms. The molecule has 166 valence electrons. The molecular formula is C21H39N5O3. The van der Waals surface area contributed by atoms with Gasteiger partial charge >= 0.3 is 6.09 Å². The molecule has 0 aromatic carbocycles. The average Bonchev–Trinajstić information content (AvgIpc) is 2.88. The van der Waals surface area contributed by atoms with Crippen molar-refractivity contribution in [3.63, 3.8) is 0 Å². The van der Waals surface area contributed by atoms with Gasteiger partial charge in [-0.05, 0) is 67.2 Å². The van der Waals surface area contributed by atoms with E-state index in [0.717, 1.165) is 25.7 Å². The van der Waals surface area contributed by atoms with Crippen LogP contribution in [-0.2, 0) is 9.53 Å². The number of fused-ring (bicyclic) bond motifs is 2. The number of ether oxygens (including phenoxy) is 1. The SMILES string of the molecule is CCNC(=O)C(C)(C)CNC(=NC)NC1CC2CCC(C1)N2C(=O)OC(C)(C)C. The molecule has 0 aliphatic carbocycles. The fraction of sp³-hybridized carbons (Fsp3) is 0.857. The largest absolute Gasteiger partial charge is 0.444 e. The van der Waals surface area contributed by atoms with Crippen LogP contribution in [0.1, 0.15) is 67.2 Å². The van der Waals surface area contributed by atoms with Crippen LogP contribution >= 0.6 is 0 Å². The summed E-state index contributed by atoms with van der Waals surface area (Å²) >= 11 is 0. The number of nitrogens with zero attached hydrogens (tertiary/aromatic N) is 2. The molecule has 2 amide bonds. The summed E-state index contributed by atoms with van der Waals surface area (Å²) in [7, 11) is 1.74. The van der Waals surface area contributed by atoms with Gasteiger partial charge in [0.25, 0.3) is 0 Å². The van der Waals surface area contributed by atoms with Gasteiger partial charge in [0.05, 0.1) is 5.41 Å². The first kappa shape index (κ1) is 23.3. The molecule has 0 aromatic rings. The molecule has 2 fully saturated rings. The van der Waals surface area contributed by atoms with Crippen LogP contribution in [0.2, 0.25) is 0 Å².